The van der Waals surface area contributed by atoms with E-state index in [0.29, 0.717) is 13.0 Å². The van der Waals surface area contributed by atoms with Crippen LogP contribution in [0.4, 0.5) is 0 Å². The molecule has 0 atom stereocenters. The number of aryl methyl sites for hydroxylation is 1. The third kappa shape index (κ3) is 5.55. The maximum absolute atomic E-state index is 13.0. The topological polar surface area (TPSA) is 44.9 Å². The summed E-state index contributed by atoms with van der Waals surface area (Å²) >= 11 is 1.79. The Morgan fingerprint density at radius 1 is 0.806 bits per heavy atom. The number of aromatic nitrogens is 1. The number of nitrogens with one attached hydrogen (secondary N) is 2. The first-order valence-electron chi connectivity index (χ1n) is 12.4. The number of hydrogen-bond acceptors (Lipinski definition) is 2. The van der Waals surface area contributed by atoms with Crippen LogP contribution in [0.1, 0.15) is 29.0 Å². The number of para-hydroxylation sites is 1. The summed E-state index contributed by atoms with van der Waals surface area (Å²) in [4.78, 5) is 17.8. The van der Waals surface area contributed by atoms with E-state index in [0.717, 1.165) is 28.1 Å². The number of fused-ring (bicyclic) bond motifs is 1. The van der Waals surface area contributed by atoms with Gasteiger partial charge in [0.15, 0.2) is 0 Å². The molecule has 0 saturated carbocycles. The van der Waals surface area contributed by atoms with E-state index in [2.05, 4.69) is 90.0 Å². The molecule has 0 saturated heterocycles. The highest BCUT2D eigenvalue weighted by Crippen LogP contribution is 2.37. The average Bonchev–Trinajstić information content (AvgIpc) is 3.29. The third-order valence-corrected chi connectivity index (χ3v) is 7.58. The number of H-pyrrole nitrogens is 1. The van der Waals surface area contributed by atoms with Crippen molar-refractivity contribution in [2.45, 2.75) is 24.2 Å². The first kappa shape index (κ1) is 24.0. The molecule has 4 aromatic carbocycles. The van der Waals surface area contributed by atoms with Crippen molar-refractivity contribution in [1.82, 2.24) is 10.3 Å². The van der Waals surface area contributed by atoms with Crippen LogP contribution >= 0.6 is 11.8 Å². The molecule has 36 heavy (non-hydrogen) atoms. The average molecular weight is 491 g/mol. The molecule has 0 aliphatic rings. The van der Waals surface area contributed by atoms with E-state index in [1.54, 1.807) is 11.8 Å². The van der Waals surface area contributed by atoms with E-state index in [-0.39, 0.29) is 11.8 Å². The number of rotatable bonds is 9. The Labute approximate surface area is 217 Å². The highest BCUT2D eigenvalue weighted by atomic mass is 32.2. The number of thioether (sulfide) groups is 1. The van der Waals surface area contributed by atoms with Gasteiger partial charge in [-0.05, 0) is 29.7 Å². The van der Waals surface area contributed by atoms with Gasteiger partial charge in [-0.15, -0.1) is 11.8 Å². The van der Waals surface area contributed by atoms with Gasteiger partial charge in [-0.2, -0.15) is 0 Å². The zero-order valence-electron chi connectivity index (χ0n) is 20.4. The SMILES string of the molecule is Cc1ccc(-c2[nH]c3ccccc3c2SCCNC(=O)CC(c2ccccc2)c2ccccc2)cc1. The van der Waals surface area contributed by atoms with E-state index >= 15 is 0 Å². The summed E-state index contributed by atoms with van der Waals surface area (Å²) in [7, 11) is 0. The maximum atomic E-state index is 13.0. The molecule has 0 aliphatic carbocycles. The number of hydrogen-bond donors (Lipinski definition) is 2. The predicted molar refractivity (Wildman–Crippen MR) is 152 cm³/mol. The molecule has 0 bridgehead atoms. The van der Waals surface area contributed by atoms with E-state index in [4.69, 9.17) is 0 Å². The standard InChI is InChI=1S/C32H30N2OS/c1-23-16-18-26(19-17-23)31-32(27-14-8-9-15-29(27)34-31)36-21-20-33-30(35)22-28(24-10-4-2-5-11-24)25-12-6-3-7-13-25/h2-19,28,34H,20-22H2,1H3,(H,33,35). The minimum absolute atomic E-state index is 0.0433. The van der Waals surface area contributed by atoms with E-state index in [1.165, 1.54) is 21.4 Å². The second kappa shape index (κ2) is 11.3. The summed E-state index contributed by atoms with van der Waals surface area (Å²) in [6, 6.07) is 37.6. The Morgan fingerprint density at radius 3 is 2.08 bits per heavy atom. The van der Waals surface area contributed by atoms with Crippen LogP contribution in [0.25, 0.3) is 22.2 Å². The Hall–Kier alpha value is -3.76. The zero-order chi connectivity index (χ0) is 24.7. The van der Waals surface area contributed by atoms with Crippen molar-refractivity contribution in [2.75, 3.05) is 12.3 Å². The molecule has 1 amide bonds. The molecule has 5 rings (SSSR count). The summed E-state index contributed by atoms with van der Waals surface area (Å²) in [6.45, 7) is 2.72. The molecule has 0 radical (unpaired) electrons. The van der Waals surface area contributed by atoms with Gasteiger partial charge < -0.3 is 10.3 Å². The summed E-state index contributed by atoms with van der Waals surface area (Å²) in [5.41, 5.74) is 7.02. The Kier molecular flexibility index (Phi) is 7.53. The monoisotopic (exact) mass is 490 g/mol. The fourth-order valence-electron chi connectivity index (χ4n) is 4.59. The van der Waals surface area contributed by atoms with Gasteiger partial charge in [0, 0.05) is 40.4 Å². The number of benzene rings is 4. The van der Waals surface area contributed by atoms with Crippen LogP contribution < -0.4 is 5.32 Å². The van der Waals surface area contributed by atoms with Crippen LogP contribution in [0.2, 0.25) is 0 Å². The largest absolute Gasteiger partial charge is 0.355 e. The van der Waals surface area contributed by atoms with E-state index in [1.807, 2.05) is 36.4 Å². The molecule has 3 nitrogen and oxygen atoms in total. The number of carbonyl (C=O) groups is 1. The van der Waals surface area contributed by atoms with Crippen LogP contribution in [0.5, 0.6) is 0 Å². The molecule has 0 unspecified atom stereocenters. The van der Waals surface area contributed by atoms with Crippen molar-refractivity contribution in [2.24, 2.45) is 0 Å². The number of aromatic amines is 1. The van der Waals surface area contributed by atoms with Gasteiger partial charge in [-0.25, -0.2) is 0 Å². The molecular weight excluding hydrogens is 460 g/mol. The van der Waals surface area contributed by atoms with Crippen LogP contribution in [-0.4, -0.2) is 23.2 Å². The zero-order valence-corrected chi connectivity index (χ0v) is 21.2. The summed E-state index contributed by atoms with van der Waals surface area (Å²) < 4.78 is 0. The number of amides is 1. The minimum Gasteiger partial charge on any atom is -0.355 e. The van der Waals surface area contributed by atoms with Crippen molar-refractivity contribution in [3.63, 3.8) is 0 Å². The molecule has 0 aliphatic heterocycles. The molecule has 1 heterocycles. The molecule has 1 aromatic heterocycles. The van der Waals surface area contributed by atoms with Gasteiger partial charge in [0.05, 0.1) is 5.69 Å². The third-order valence-electron chi connectivity index (χ3n) is 6.46. The fraction of sp³-hybridized carbons (Fsp3) is 0.156. The molecule has 180 valence electrons. The van der Waals surface area contributed by atoms with Gasteiger partial charge in [0.25, 0.3) is 0 Å². The van der Waals surface area contributed by atoms with E-state index in [9.17, 15) is 4.79 Å². The quantitative estimate of drug-likeness (QED) is 0.165. The Bertz CT molecular complexity index is 1390. The normalized spacial score (nSPS) is 11.2. The van der Waals surface area contributed by atoms with Crippen molar-refractivity contribution >= 4 is 28.6 Å². The first-order valence-corrected chi connectivity index (χ1v) is 13.3. The highest BCUT2D eigenvalue weighted by Gasteiger charge is 2.18. The van der Waals surface area contributed by atoms with Crippen molar-refractivity contribution in [3.05, 3.63) is 126 Å². The molecule has 0 fully saturated rings. The number of carbonyl (C=O) groups excluding carboxylic acids is 1. The predicted octanol–water partition coefficient (Wildman–Crippen LogP) is 7.57. The molecule has 2 N–H and O–H groups in total. The maximum Gasteiger partial charge on any atom is 0.220 e. The first-order chi connectivity index (χ1) is 17.7. The lowest BCUT2D eigenvalue weighted by Crippen LogP contribution is -2.27. The van der Waals surface area contributed by atoms with Gasteiger partial charge in [-0.1, -0.05) is 109 Å². The summed E-state index contributed by atoms with van der Waals surface area (Å²) in [5, 5.41) is 4.38. The van der Waals surface area contributed by atoms with Crippen molar-refractivity contribution in [1.29, 1.82) is 0 Å². The second-order valence-corrected chi connectivity index (χ2v) is 10.1. The lowest BCUT2D eigenvalue weighted by molar-refractivity contribution is -0.121. The fourth-order valence-corrected chi connectivity index (χ4v) is 5.64. The van der Waals surface area contributed by atoms with Crippen LogP contribution in [-0.2, 0) is 4.79 Å². The van der Waals surface area contributed by atoms with Crippen molar-refractivity contribution < 1.29 is 4.79 Å². The van der Waals surface area contributed by atoms with Gasteiger partial charge >= 0.3 is 0 Å². The van der Waals surface area contributed by atoms with Crippen LogP contribution in [0.3, 0.4) is 0 Å². The molecule has 5 aromatic rings. The van der Waals surface area contributed by atoms with Gasteiger partial charge in [0.1, 0.15) is 0 Å². The Morgan fingerprint density at radius 2 is 1.42 bits per heavy atom. The second-order valence-electron chi connectivity index (χ2n) is 9.02. The van der Waals surface area contributed by atoms with Gasteiger partial charge in [-0.3, -0.25) is 4.79 Å². The molecule has 4 heteroatoms. The smallest absolute Gasteiger partial charge is 0.220 e. The summed E-state index contributed by atoms with van der Waals surface area (Å²) in [6.07, 6.45) is 0.431. The summed E-state index contributed by atoms with van der Waals surface area (Å²) in [5.74, 6) is 0.918. The highest BCUT2D eigenvalue weighted by molar-refractivity contribution is 7.99. The Balaban J connectivity index is 1.26. The molecular formula is C32H30N2OS. The lowest BCUT2D eigenvalue weighted by atomic mass is 9.88. The van der Waals surface area contributed by atoms with Crippen LogP contribution in [0.15, 0.2) is 114 Å². The van der Waals surface area contributed by atoms with Crippen molar-refractivity contribution in [3.8, 4) is 11.3 Å². The van der Waals surface area contributed by atoms with E-state index < -0.39 is 0 Å². The molecule has 0 spiro atoms. The van der Waals surface area contributed by atoms with Gasteiger partial charge in [0.2, 0.25) is 5.91 Å². The minimum atomic E-state index is 0.0433. The van der Waals surface area contributed by atoms with Crippen LogP contribution in [0, 0.1) is 6.92 Å². The lowest BCUT2D eigenvalue weighted by Gasteiger charge is -2.18.